The number of anilines is 1. The van der Waals surface area contributed by atoms with E-state index in [9.17, 15) is 4.79 Å². The molecule has 1 aliphatic heterocycles. The summed E-state index contributed by atoms with van der Waals surface area (Å²) in [7, 11) is 1.76. The fourth-order valence-corrected chi connectivity index (χ4v) is 3.53. The molecule has 1 unspecified atom stereocenters. The van der Waals surface area contributed by atoms with Crippen LogP contribution in [0.4, 0.5) is 5.69 Å². The van der Waals surface area contributed by atoms with E-state index < -0.39 is 5.91 Å². The highest BCUT2D eigenvalue weighted by Gasteiger charge is 2.14. The molecule has 1 saturated heterocycles. The Balaban J connectivity index is 0.00000341. The van der Waals surface area contributed by atoms with Crippen LogP contribution >= 0.6 is 24.0 Å². The van der Waals surface area contributed by atoms with Crippen molar-refractivity contribution in [2.45, 2.75) is 32.4 Å². The van der Waals surface area contributed by atoms with Gasteiger partial charge in [0.1, 0.15) is 5.75 Å². The summed E-state index contributed by atoms with van der Waals surface area (Å²) < 4.78 is 5.36. The van der Waals surface area contributed by atoms with Crippen molar-refractivity contribution in [3.63, 3.8) is 0 Å². The third-order valence-electron chi connectivity index (χ3n) is 5.16. The first-order chi connectivity index (χ1) is 14.5. The van der Waals surface area contributed by atoms with Gasteiger partial charge in [0.15, 0.2) is 12.6 Å². The maximum Gasteiger partial charge on any atom is 0.255 e. The fourth-order valence-electron chi connectivity index (χ4n) is 3.53. The fraction of sp³-hybridized carbons (Fsp3) is 0.391. The zero-order chi connectivity index (χ0) is 21.3. The van der Waals surface area contributed by atoms with E-state index in [0.29, 0.717) is 12.3 Å². The molecule has 1 heterocycles. The quantitative estimate of drug-likeness (QED) is 0.274. The number of nitrogens with one attached hydrogen (secondary N) is 2. The summed E-state index contributed by atoms with van der Waals surface area (Å²) in [4.78, 5) is 17.7. The van der Waals surface area contributed by atoms with Crippen molar-refractivity contribution in [2.24, 2.45) is 10.7 Å². The lowest BCUT2D eigenvalue weighted by molar-refractivity contribution is -0.119. The van der Waals surface area contributed by atoms with Crippen LogP contribution in [0.25, 0.3) is 0 Å². The zero-order valence-electron chi connectivity index (χ0n) is 18.1. The Bertz CT molecular complexity index is 884. The molecule has 4 N–H and O–H groups in total. The highest BCUT2D eigenvalue weighted by atomic mass is 127. The molecule has 0 spiro atoms. The molecule has 31 heavy (non-hydrogen) atoms. The van der Waals surface area contributed by atoms with Crippen molar-refractivity contribution < 1.29 is 9.53 Å². The van der Waals surface area contributed by atoms with Crippen LogP contribution in [0.15, 0.2) is 53.5 Å². The molecule has 1 aliphatic rings. The number of guanidine groups is 1. The third kappa shape index (κ3) is 7.61. The maximum absolute atomic E-state index is 10.9. The van der Waals surface area contributed by atoms with E-state index in [1.54, 1.807) is 13.1 Å². The molecule has 1 atom stereocenters. The van der Waals surface area contributed by atoms with Gasteiger partial charge in [0, 0.05) is 32.4 Å². The average Bonchev–Trinajstić information content (AvgIpc) is 3.30. The minimum absolute atomic E-state index is 0. The lowest BCUT2D eigenvalue weighted by Crippen LogP contribution is -2.38. The normalized spacial score (nSPS) is 14.5. The Morgan fingerprint density at radius 3 is 2.65 bits per heavy atom. The number of amides is 1. The molecule has 0 aliphatic carbocycles. The molecule has 2 aromatic rings. The predicted octanol–water partition coefficient (Wildman–Crippen LogP) is 3.20. The monoisotopic (exact) mass is 537 g/mol. The van der Waals surface area contributed by atoms with Crippen LogP contribution in [0.2, 0.25) is 0 Å². The first kappa shape index (κ1) is 24.8. The van der Waals surface area contributed by atoms with Crippen molar-refractivity contribution >= 4 is 41.5 Å². The van der Waals surface area contributed by atoms with Gasteiger partial charge in [-0.05, 0) is 55.2 Å². The molecule has 8 heteroatoms. The molecule has 168 valence electrons. The number of nitrogens with zero attached hydrogens (tertiary/aromatic N) is 2. The summed E-state index contributed by atoms with van der Waals surface area (Å²) in [5.74, 6) is 0.839. The first-order valence-corrected chi connectivity index (χ1v) is 10.4. The number of rotatable bonds is 8. The number of hydrogen-bond donors (Lipinski definition) is 3. The summed E-state index contributed by atoms with van der Waals surface area (Å²) in [6.45, 7) is 4.85. The van der Waals surface area contributed by atoms with Gasteiger partial charge in [-0.3, -0.25) is 9.79 Å². The number of ether oxygens (including phenoxy) is 1. The molecule has 1 amide bonds. The molecule has 0 saturated carbocycles. The van der Waals surface area contributed by atoms with E-state index in [0.717, 1.165) is 24.6 Å². The number of aliphatic imine (C=N–C) groups is 1. The third-order valence-corrected chi connectivity index (χ3v) is 5.16. The van der Waals surface area contributed by atoms with Gasteiger partial charge in [-0.15, -0.1) is 24.0 Å². The van der Waals surface area contributed by atoms with E-state index in [1.807, 2.05) is 18.2 Å². The van der Waals surface area contributed by atoms with Crippen LogP contribution in [-0.4, -0.2) is 38.6 Å². The van der Waals surface area contributed by atoms with Crippen molar-refractivity contribution in [3.8, 4) is 5.75 Å². The number of nitrogens with two attached hydrogens (primary N) is 1. The van der Waals surface area contributed by atoms with Crippen LogP contribution < -0.4 is 26.0 Å². The van der Waals surface area contributed by atoms with Crippen molar-refractivity contribution in [2.75, 3.05) is 31.6 Å². The van der Waals surface area contributed by atoms with E-state index >= 15 is 0 Å². The van der Waals surface area contributed by atoms with E-state index in [2.05, 4.69) is 51.7 Å². The number of hydrogen-bond acceptors (Lipinski definition) is 4. The number of carbonyl (C=O) groups excluding carboxylic acids is 1. The van der Waals surface area contributed by atoms with Gasteiger partial charge in [-0.1, -0.05) is 24.3 Å². The zero-order valence-corrected chi connectivity index (χ0v) is 20.5. The van der Waals surface area contributed by atoms with Gasteiger partial charge < -0.3 is 26.0 Å². The van der Waals surface area contributed by atoms with E-state index in [-0.39, 0.29) is 36.6 Å². The number of primary amides is 1. The molecule has 3 rings (SSSR count). The van der Waals surface area contributed by atoms with Gasteiger partial charge in [0.25, 0.3) is 5.91 Å². The second kappa shape index (κ2) is 12.4. The van der Waals surface area contributed by atoms with Crippen molar-refractivity contribution in [1.82, 2.24) is 10.6 Å². The molecule has 7 nitrogen and oxygen atoms in total. The molecule has 1 fully saturated rings. The molecular formula is C23H32IN5O2. The van der Waals surface area contributed by atoms with Crippen LogP contribution in [-0.2, 0) is 11.3 Å². The highest BCUT2D eigenvalue weighted by Crippen LogP contribution is 2.24. The molecule has 0 aromatic heterocycles. The summed E-state index contributed by atoms with van der Waals surface area (Å²) in [6, 6.07) is 16.4. The first-order valence-electron chi connectivity index (χ1n) is 10.4. The maximum atomic E-state index is 10.9. The number of halogens is 1. The molecule has 0 radical (unpaired) electrons. The lowest BCUT2D eigenvalue weighted by Gasteiger charge is -2.22. The van der Waals surface area contributed by atoms with Gasteiger partial charge in [0.2, 0.25) is 0 Å². The van der Waals surface area contributed by atoms with Gasteiger partial charge >= 0.3 is 0 Å². The predicted molar refractivity (Wildman–Crippen MR) is 136 cm³/mol. The summed E-state index contributed by atoms with van der Waals surface area (Å²) in [5, 5.41) is 6.78. The largest absolute Gasteiger partial charge is 0.484 e. The molecular weight excluding hydrogens is 505 g/mol. The summed E-state index contributed by atoms with van der Waals surface area (Å²) >= 11 is 0. The number of carbonyl (C=O) groups is 1. The minimum Gasteiger partial charge on any atom is -0.484 e. The smallest absolute Gasteiger partial charge is 0.255 e. The van der Waals surface area contributed by atoms with Gasteiger partial charge in [-0.2, -0.15) is 0 Å². The van der Waals surface area contributed by atoms with Crippen molar-refractivity contribution in [3.05, 3.63) is 59.7 Å². The Morgan fingerprint density at radius 2 is 1.94 bits per heavy atom. The van der Waals surface area contributed by atoms with Gasteiger partial charge in [0.05, 0.1) is 6.04 Å². The topological polar surface area (TPSA) is 92.0 Å². The second-order valence-electron chi connectivity index (χ2n) is 7.48. The standard InChI is InChI=1S/C23H31N5O2.HI/c1-17(19-8-6-9-20(14-19)28-11-3-4-12-28)27-23(25-2)26-15-18-7-5-10-21(13-18)30-16-22(24)29;/h5-10,13-14,17H,3-4,11-12,15-16H2,1-2H3,(H2,24,29)(H2,25,26,27);1H. The molecule has 0 bridgehead atoms. The summed E-state index contributed by atoms with van der Waals surface area (Å²) in [6.07, 6.45) is 2.53. The summed E-state index contributed by atoms with van der Waals surface area (Å²) in [5.41, 5.74) is 8.66. The Labute approximate surface area is 201 Å². The van der Waals surface area contributed by atoms with E-state index in [1.165, 1.54) is 24.1 Å². The van der Waals surface area contributed by atoms with Crippen LogP contribution in [0.1, 0.15) is 36.9 Å². The van der Waals surface area contributed by atoms with Crippen molar-refractivity contribution in [1.29, 1.82) is 0 Å². The second-order valence-corrected chi connectivity index (χ2v) is 7.48. The van der Waals surface area contributed by atoms with Crippen LogP contribution in [0, 0.1) is 0 Å². The lowest BCUT2D eigenvalue weighted by atomic mass is 10.1. The Morgan fingerprint density at radius 1 is 1.19 bits per heavy atom. The highest BCUT2D eigenvalue weighted by molar-refractivity contribution is 14.0. The van der Waals surface area contributed by atoms with Crippen LogP contribution in [0.5, 0.6) is 5.75 Å². The van der Waals surface area contributed by atoms with Gasteiger partial charge in [-0.25, -0.2) is 0 Å². The number of benzene rings is 2. The average molecular weight is 537 g/mol. The Hall–Kier alpha value is -2.49. The SMILES string of the molecule is CN=C(NCc1cccc(OCC(N)=O)c1)NC(C)c1cccc(N2CCCC2)c1.I. The van der Waals surface area contributed by atoms with E-state index in [4.69, 9.17) is 10.5 Å². The minimum atomic E-state index is -0.495. The Kier molecular flexibility index (Phi) is 9.90. The molecule has 2 aromatic carbocycles. The van der Waals surface area contributed by atoms with Crippen LogP contribution in [0.3, 0.4) is 0 Å².